The number of likely N-dealkylation sites (N-methyl/N-ethyl adjacent to an activating group) is 2. The fraction of sp³-hybridized carbons (Fsp3) is 0.870. The van der Waals surface area contributed by atoms with E-state index in [1.165, 1.54) is 6.42 Å². The number of thioether (sulfide) groups is 8. The molecule has 0 heterocycles. The fourth-order valence-corrected chi connectivity index (χ4v) is 13.7. The number of carbonyl (C=O) groups excluding carboxylic acids is 4. The first kappa shape index (κ1) is 65.3. The highest BCUT2D eigenvalue weighted by Gasteiger charge is 2.15. The van der Waals surface area contributed by atoms with Gasteiger partial charge >= 0.3 is 0 Å². The lowest BCUT2D eigenvalue weighted by atomic mass is 10.3. The molecule has 0 aromatic rings. The van der Waals surface area contributed by atoms with Crippen LogP contribution in [0.1, 0.15) is 77.0 Å². The number of hydrogen-bond donors (Lipinski definition) is 3. The Kier molecular flexibility index (Phi) is 50.9. The summed E-state index contributed by atoms with van der Waals surface area (Å²) in [4.78, 5) is 57.8. The van der Waals surface area contributed by atoms with Crippen LogP contribution in [0.25, 0.3) is 0 Å². The van der Waals surface area contributed by atoms with Crippen molar-refractivity contribution in [2.75, 3.05) is 172 Å². The highest BCUT2D eigenvalue weighted by atomic mass is 32.2. The summed E-state index contributed by atoms with van der Waals surface area (Å²) in [6.45, 7) is 9.40. The van der Waals surface area contributed by atoms with Gasteiger partial charge in [-0.25, -0.2) is 0 Å². The maximum absolute atomic E-state index is 13.1. The van der Waals surface area contributed by atoms with E-state index in [4.69, 9.17) is 5.73 Å². The minimum atomic E-state index is 0.0101. The van der Waals surface area contributed by atoms with Crippen molar-refractivity contribution in [3.8, 4) is 0 Å². The van der Waals surface area contributed by atoms with Gasteiger partial charge < -0.3 is 35.8 Å². The highest BCUT2D eigenvalue weighted by molar-refractivity contribution is 8.01. The van der Waals surface area contributed by atoms with Crippen molar-refractivity contribution in [2.45, 2.75) is 77.0 Å². The molecule has 0 bridgehead atoms. The SMILES string of the molecule is C=CCN(C)C(=O)CCSCCCSCCCNC(=O)CCSCCCSCCCN(CCN(C)C)C(=O)CCSCCCSCCCN(CCO)C(=O)CCSCCCSCCCN. The zero-order valence-electron chi connectivity index (χ0n) is 40.7. The fourth-order valence-electron chi connectivity index (χ4n) is 5.87. The molecule has 65 heavy (non-hydrogen) atoms. The summed E-state index contributed by atoms with van der Waals surface area (Å²) in [6.07, 6.45) is 12.6. The van der Waals surface area contributed by atoms with E-state index in [-0.39, 0.29) is 30.2 Å². The van der Waals surface area contributed by atoms with Gasteiger partial charge in [0.1, 0.15) is 0 Å². The highest BCUT2D eigenvalue weighted by Crippen LogP contribution is 2.15. The molecule has 19 heteroatoms. The Morgan fingerprint density at radius 2 is 0.877 bits per heavy atom. The van der Waals surface area contributed by atoms with Gasteiger partial charge in [-0.2, -0.15) is 94.1 Å². The van der Waals surface area contributed by atoms with Crippen molar-refractivity contribution in [2.24, 2.45) is 5.73 Å². The number of carbonyl (C=O) groups is 4. The summed E-state index contributed by atoms with van der Waals surface area (Å²) >= 11 is 15.2. The van der Waals surface area contributed by atoms with Crippen LogP contribution in [-0.4, -0.2) is 220 Å². The van der Waals surface area contributed by atoms with Gasteiger partial charge in [-0.3, -0.25) is 19.2 Å². The van der Waals surface area contributed by atoms with E-state index in [0.717, 1.165) is 170 Å². The van der Waals surface area contributed by atoms with Gasteiger partial charge in [0.05, 0.1) is 6.61 Å². The third kappa shape index (κ3) is 45.2. The van der Waals surface area contributed by atoms with Crippen LogP contribution in [0.15, 0.2) is 12.7 Å². The topological polar surface area (TPSA) is 140 Å². The first-order chi connectivity index (χ1) is 31.7. The predicted octanol–water partition coefficient (Wildman–Crippen LogP) is 7.46. The molecule has 0 spiro atoms. The van der Waals surface area contributed by atoms with Gasteiger partial charge in [0, 0.05) is 102 Å². The maximum Gasteiger partial charge on any atom is 0.223 e. The molecular formula is C46H90N6O5S8. The Bertz CT molecular complexity index is 1160. The molecule has 382 valence electrons. The van der Waals surface area contributed by atoms with Crippen LogP contribution in [0, 0.1) is 0 Å². The Balaban J connectivity index is 3.87. The monoisotopic (exact) mass is 1060 g/mol. The summed E-state index contributed by atoms with van der Waals surface area (Å²) in [7, 11) is 5.94. The smallest absolute Gasteiger partial charge is 0.223 e. The third-order valence-corrected chi connectivity index (χ3v) is 18.5. The molecule has 0 radical (unpaired) electrons. The van der Waals surface area contributed by atoms with Crippen LogP contribution < -0.4 is 11.1 Å². The van der Waals surface area contributed by atoms with Crippen LogP contribution in [0.5, 0.6) is 0 Å². The minimum absolute atomic E-state index is 0.0101. The minimum Gasteiger partial charge on any atom is -0.395 e. The lowest BCUT2D eigenvalue weighted by Crippen LogP contribution is -2.37. The second-order valence-corrected chi connectivity index (χ2v) is 25.5. The van der Waals surface area contributed by atoms with Gasteiger partial charge in [0.15, 0.2) is 0 Å². The molecule has 0 aromatic heterocycles. The number of nitrogens with two attached hydrogens (primary N) is 1. The zero-order chi connectivity index (χ0) is 47.9. The van der Waals surface area contributed by atoms with Gasteiger partial charge in [-0.15, -0.1) is 6.58 Å². The second kappa shape index (κ2) is 50.7. The molecule has 0 atom stereocenters. The Hall–Kier alpha value is 0.300. The lowest BCUT2D eigenvalue weighted by molar-refractivity contribution is -0.131. The van der Waals surface area contributed by atoms with Gasteiger partial charge in [0.2, 0.25) is 23.6 Å². The molecule has 4 N–H and O–H groups in total. The molecule has 0 aliphatic rings. The molecule has 0 saturated carbocycles. The number of aliphatic hydroxyl groups excluding tert-OH is 1. The summed E-state index contributed by atoms with van der Waals surface area (Å²) < 4.78 is 0. The number of nitrogens with zero attached hydrogens (tertiary/aromatic N) is 4. The van der Waals surface area contributed by atoms with Gasteiger partial charge in [-0.1, -0.05) is 6.08 Å². The van der Waals surface area contributed by atoms with Crippen LogP contribution in [0.3, 0.4) is 0 Å². The molecule has 0 aliphatic heterocycles. The molecule has 0 aliphatic carbocycles. The van der Waals surface area contributed by atoms with Crippen LogP contribution >= 0.6 is 94.1 Å². The summed E-state index contributed by atoms with van der Waals surface area (Å²) in [5, 5.41) is 12.5. The first-order valence-corrected chi connectivity index (χ1v) is 33.1. The average molecular weight is 1060 g/mol. The molecule has 0 aromatic carbocycles. The van der Waals surface area contributed by atoms with Crippen molar-refractivity contribution < 1.29 is 24.3 Å². The molecular weight excluding hydrogens is 973 g/mol. The van der Waals surface area contributed by atoms with Crippen molar-refractivity contribution in [1.29, 1.82) is 0 Å². The van der Waals surface area contributed by atoms with E-state index in [1.807, 2.05) is 106 Å². The number of hydrogen-bond acceptors (Lipinski definition) is 15. The van der Waals surface area contributed by atoms with Crippen LogP contribution in [0.4, 0.5) is 0 Å². The zero-order valence-corrected chi connectivity index (χ0v) is 47.2. The first-order valence-electron chi connectivity index (χ1n) is 23.9. The second-order valence-electron chi connectivity index (χ2n) is 15.7. The Morgan fingerprint density at radius 1 is 0.492 bits per heavy atom. The standard InChI is InChI=1S/C46H90N6O5S8/c1-5-20-50(4)44(55)15-40-63-36-11-32-59-28-7-19-48-43(54)14-39-62-35-12-33-60-29-8-21-51(24-23-49(2)3)45(56)16-41-64-38-13-34-61-30-9-22-52(25-26-53)46(57)17-42-65-37-10-31-58-27-6-18-47/h5,53H,1,6-42,47H2,2-4H3,(H,48,54). The van der Waals surface area contributed by atoms with E-state index in [0.29, 0.717) is 45.3 Å². The average Bonchev–Trinajstić information content (AvgIpc) is 3.29. The molecule has 0 rings (SSSR count). The van der Waals surface area contributed by atoms with Gasteiger partial charge in [0.25, 0.3) is 0 Å². The Morgan fingerprint density at radius 3 is 1.31 bits per heavy atom. The van der Waals surface area contributed by atoms with E-state index < -0.39 is 0 Å². The van der Waals surface area contributed by atoms with Crippen LogP contribution in [-0.2, 0) is 19.2 Å². The number of nitrogens with one attached hydrogen (secondary N) is 1. The van der Waals surface area contributed by atoms with Gasteiger partial charge in [-0.05, 0) is 141 Å². The van der Waals surface area contributed by atoms with E-state index >= 15 is 0 Å². The molecule has 0 saturated heterocycles. The van der Waals surface area contributed by atoms with Crippen molar-refractivity contribution in [3.63, 3.8) is 0 Å². The molecule has 0 fully saturated rings. The Labute approximate surface area is 431 Å². The lowest BCUT2D eigenvalue weighted by Gasteiger charge is -2.24. The largest absolute Gasteiger partial charge is 0.395 e. The summed E-state index contributed by atoms with van der Waals surface area (Å²) in [6, 6.07) is 0. The third-order valence-electron chi connectivity index (χ3n) is 9.60. The molecule has 0 unspecified atom stereocenters. The predicted molar refractivity (Wildman–Crippen MR) is 303 cm³/mol. The quantitative estimate of drug-likeness (QED) is 0.0410. The molecule has 4 amide bonds. The number of amides is 4. The number of rotatable bonds is 50. The van der Waals surface area contributed by atoms with E-state index in [2.05, 4.69) is 35.8 Å². The van der Waals surface area contributed by atoms with Crippen molar-refractivity contribution in [3.05, 3.63) is 12.7 Å². The van der Waals surface area contributed by atoms with Crippen LogP contribution in [0.2, 0.25) is 0 Å². The summed E-state index contributed by atoms with van der Waals surface area (Å²) in [5.41, 5.74) is 5.54. The van der Waals surface area contributed by atoms with Crippen molar-refractivity contribution >= 4 is 118 Å². The van der Waals surface area contributed by atoms with Crippen molar-refractivity contribution in [1.82, 2.24) is 24.9 Å². The summed E-state index contributed by atoms with van der Waals surface area (Å²) in [5.74, 6) is 17.2. The number of aliphatic hydroxyl groups is 1. The normalized spacial score (nSPS) is 11.3. The van der Waals surface area contributed by atoms with E-state index in [1.54, 1.807) is 11.0 Å². The molecule has 11 nitrogen and oxygen atoms in total. The maximum atomic E-state index is 13.1. The van der Waals surface area contributed by atoms with E-state index in [9.17, 15) is 24.3 Å².